The zero-order chi connectivity index (χ0) is 14.5. The molecule has 2 aromatic heterocycles. The number of carbonyl (C=O) groups excluding carboxylic acids is 1. The van der Waals surface area contributed by atoms with Crippen LogP contribution in [0.2, 0.25) is 0 Å². The van der Waals surface area contributed by atoms with Gasteiger partial charge in [-0.3, -0.25) is 9.78 Å². The van der Waals surface area contributed by atoms with Crippen molar-refractivity contribution in [3.63, 3.8) is 0 Å². The van der Waals surface area contributed by atoms with Crippen molar-refractivity contribution in [3.05, 3.63) is 58.0 Å². The zero-order valence-electron chi connectivity index (χ0n) is 10.2. The third-order valence-corrected chi connectivity index (χ3v) is 3.29. The summed E-state index contributed by atoms with van der Waals surface area (Å²) in [4.78, 5) is 30.1. The van der Waals surface area contributed by atoms with Gasteiger partial charge in [0, 0.05) is 30.3 Å². The molecule has 0 unspecified atom stereocenters. The van der Waals surface area contributed by atoms with Gasteiger partial charge in [-0.15, -0.1) is 11.3 Å². The van der Waals surface area contributed by atoms with Gasteiger partial charge in [0.2, 0.25) is 11.5 Å². The Balaban J connectivity index is 2.11. The van der Waals surface area contributed by atoms with Crippen molar-refractivity contribution >= 4 is 23.1 Å². The monoisotopic (exact) mass is 290 g/mol. The fourth-order valence-corrected chi connectivity index (χ4v) is 2.19. The van der Waals surface area contributed by atoms with Gasteiger partial charge in [0.05, 0.1) is 5.69 Å². The number of hydrogen-bond acceptors (Lipinski definition) is 6. The Bertz CT molecular complexity index is 664. The summed E-state index contributed by atoms with van der Waals surface area (Å²) >= 11 is 1.11. The number of aliphatic hydroxyl groups excluding tert-OH is 1. The number of carbonyl (C=O) groups is 2. The van der Waals surface area contributed by atoms with Crippen molar-refractivity contribution in [2.24, 2.45) is 0 Å². The third kappa shape index (κ3) is 3.48. The van der Waals surface area contributed by atoms with E-state index in [1.807, 2.05) is 12.1 Å². The number of thiazole rings is 1. The second-order valence-electron chi connectivity index (χ2n) is 3.88. The minimum absolute atomic E-state index is 0.141. The number of ketones is 1. The Hall–Kier alpha value is -2.54. The molecule has 0 aliphatic carbocycles. The second-order valence-corrected chi connectivity index (χ2v) is 4.73. The van der Waals surface area contributed by atoms with Gasteiger partial charge in [-0.1, -0.05) is 0 Å². The van der Waals surface area contributed by atoms with Crippen LogP contribution < -0.4 is 0 Å². The van der Waals surface area contributed by atoms with Crippen LogP contribution in [0.15, 0.2) is 41.7 Å². The molecule has 2 heterocycles. The van der Waals surface area contributed by atoms with E-state index >= 15 is 0 Å². The molecule has 2 rings (SSSR count). The van der Waals surface area contributed by atoms with Crippen molar-refractivity contribution in [2.45, 2.75) is 6.42 Å². The average molecular weight is 290 g/mol. The number of carboxylic acids is 1. The van der Waals surface area contributed by atoms with Crippen LogP contribution in [0.25, 0.3) is 0 Å². The smallest absolute Gasteiger partial charge is 0.371 e. The van der Waals surface area contributed by atoms with Crippen molar-refractivity contribution in [2.75, 3.05) is 0 Å². The Morgan fingerprint density at radius 3 is 2.60 bits per heavy atom. The lowest BCUT2D eigenvalue weighted by Gasteiger charge is -1.96. The summed E-state index contributed by atoms with van der Waals surface area (Å²) in [7, 11) is 0. The number of carboxylic acid groups (broad SMARTS) is 1. The van der Waals surface area contributed by atoms with E-state index in [0.29, 0.717) is 18.2 Å². The minimum atomic E-state index is -1.55. The van der Waals surface area contributed by atoms with Crippen molar-refractivity contribution < 1.29 is 19.8 Å². The van der Waals surface area contributed by atoms with Crippen LogP contribution in [0.3, 0.4) is 0 Å². The van der Waals surface area contributed by atoms with E-state index in [1.165, 1.54) is 0 Å². The molecule has 2 aromatic rings. The standard InChI is InChI=1S/C13H10N2O4S/c16-10(6-11(17)13(18)19)12-15-9(7-20-12)5-8-1-3-14-4-2-8/h1-4,6-7,17H,5H2,(H,18,19)/b11-6-. The van der Waals surface area contributed by atoms with Gasteiger partial charge in [-0.05, 0) is 17.7 Å². The number of aromatic nitrogens is 2. The van der Waals surface area contributed by atoms with E-state index in [0.717, 1.165) is 16.9 Å². The number of nitrogens with zero attached hydrogens (tertiary/aromatic N) is 2. The van der Waals surface area contributed by atoms with Crippen LogP contribution in [0.1, 0.15) is 21.1 Å². The second kappa shape index (κ2) is 6.07. The van der Waals surface area contributed by atoms with E-state index in [-0.39, 0.29) is 5.01 Å². The van der Waals surface area contributed by atoms with E-state index in [9.17, 15) is 9.59 Å². The lowest BCUT2D eigenvalue weighted by molar-refractivity contribution is -0.135. The van der Waals surface area contributed by atoms with E-state index in [4.69, 9.17) is 10.2 Å². The van der Waals surface area contributed by atoms with E-state index in [2.05, 4.69) is 9.97 Å². The Morgan fingerprint density at radius 2 is 1.95 bits per heavy atom. The molecule has 7 heteroatoms. The van der Waals surface area contributed by atoms with Crippen LogP contribution in [-0.2, 0) is 11.2 Å². The average Bonchev–Trinajstić information content (AvgIpc) is 2.88. The summed E-state index contributed by atoms with van der Waals surface area (Å²) in [5, 5.41) is 19.4. The summed E-state index contributed by atoms with van der Waals surface area (Å²) in [6, 6.07) is 3.69. The molecule has 0 atom stereocenters. The summed E-state index contributed by atoms with van der Waals surface area (Å²) < 4.78 is 0. The first-order valence-corrected chi connectivity index (χ1v) is 6.46. The number of allylic oxidation sites excluding steroid dienone is 1. The predicted molar refractivity (Wildman–Crippen MR) is 71.8 cm³/mol. The molecule has 102 valence electrons. The van der Waals surface area contributed by atoms with Gasteiger partial charge in [-0.2, -0.15) is 0 Å². The molecule has 2 N–H and O–H groups in total. The SMILES string of the molecule is O=C(O)/C(O)=C/C(=O)c1nc(Cc2ccncc2)cs1. The van der Waals surface area contributed by atoms with Gasteiger partial charge >= 0.3 is 5.97 Å². The molecule has 0 spiro atoms. The molecule has 0 aliphatic rings. The first-order valence-electron chi connectivity index (χ1n) is 5.58. The number of rotatable bonds is 5. The zero-order valence-corrected chi connectivity index (χ0v) is 11.0. The maximum absolute atomic E-state index is 11.7. The van der Waals surface area contributed by atoms with Crippen molar-refractivity contribution in [1.29, 1.82) is 0 Å². The Labute approximate surface area is 118 Å². The summed E-state index contributed by atoms with van der Waals surface area (Å²) in [6.45, 7) is 0. The molecule has 0 aromatic carbocycles. The van der Waals surface area contributed by atoms with Gasteiger partial charge in [0.1, 0.15) is 0 Å². The third-order valence-electron chi connectivity index (χ3n) is 2.38. The number of aliphatic hydroxyl groups is 1. The number of hydrogen-bond donors (Lipinski definition) is 2. The van der Waals surface area contributed by atoms with Crippen LogP contribution in [0, 0.1) is 0 Å². The molecular weight excluding hydrogens is 280 g/mol. The van der Waals surface area contributed by atoms with Gasteiger partial charge < -0.3 is 10.2 Å². The van der Waals surface area contributed by atoms with E-state index < -0.39 is 17.5 Å². The lowest BCUT2D eigenvalue weighted by Crippen LogP contribution is -2.04. The summed E-state index contributed by atoms with van der Waals surface area (Å²) in [5.41, 5.74) is 1.71. The molecule has 20 heavy (non-hydrogen) atoms. The van der Waals surface area contributed by atoms with Crippen molar-refractivity contribution in [3.8, 4) is 0 Å². The normalized spacial score (nSPS) is 11.3. The summed E-state index contributed by atoms with van der Waals surface area (Å²) in [6.07, 6.45) is 4.54. The van der Waals surface area contributed by atoms with Gasteiger partial charge in [-0.25, -0.2) is 9.78 Å². The van der Waals surface area contributed by atoms with Crippen LogP contribution >= 0.6 is 11.3 Å². The summed E-state index contributed by atoms with van der Waals surface area (Å²) in [5.74, 6) is -3.18. The number of pyridine rings is 1. The van der Waals surface area contributed by atoms with E-state index in [1.54, 1.807) is 17.8 Å². The fraction of sp³-hybridized carbons (Fsp3) is 0.0769. The molecular formula is C13H10N2O4S. The molecule has 0 saturated carbocycles. The van der Waals surface area contributed by atoms with Crippen LogP contribution in [0.5, 0.6) is 0 Å². The van der Waals surface area contributed by atoms with Crippen molar-refractivity contribution in [1.82, 2.24) is 9.97 Å². The predicted octanol–water partition coefficient (Wildman–Crippen LogP) is 1.84. The lowest BCUT2D eigenvalue weighted by atomic mass is 10.2. The van der Waals surface area contributed by atoms with Crippen LogP contribution in [-0.4, -0.2) is 31.9 Å². The number of aliphatic carboxylic acids is 1. The maximum Gasteiger partial charge on any atom is 0.371 e. The molecule has 0 aliphatic heterocycles. The highest BCUT2D eigenvalue weighted by Gasteiger charge is 2.13. The maximum atomic E-state index is 11.7. The molecule has 0 amide bonds. The topological polar surface area (TPSA) is 100 Å². The highest BCUT2D eigenvalue weighted by atomic mass is 32.1. The molecule has 6 nitrogen and oxygen atoms in total. The fourth-order valence-electron chi connectivity index (χ4n) is 1.46. The van der Waals surface area contributed by atoms with Crippen LogP contribution in [0.4, 0.5) is 0 Å². The highest BCUT2D eigenvalue weighted by molar-refractivity contribution is 7.11. The molecule has 0 saturated heterocycles. The molecule has 0 bridgehead atoms. The first kappa shape index (κ1) is 13.9. The minimum Gasteiger partial charge on any atom is -0.502 e. The Kier molecular flexibility index (Phi) is 4.21. The van der Waals surface area contributed by atoms with Gasteiger partial charge in [0.15, 0.2) is 5.01 Å². The largest absolute Gasteiger partial charge is 0.502 e. The molecule has 0 radical (unpaired) electrons. The first-order chi connectivity index (χ1) is 9.56. The van der Waals surface area contributed by atoms with Gasteiger partial charge in [0.25, 0.3) is 0 Å². The Morgan fingerprint density at radius 1 is 1.25 bits per heavy atom. The quantitative estimate of drug-likeness (QED) is 0.495. The molecule has 0 fully saturated rings. The highest BCUT2D eigenvalue weighted by Crippen LogP contribution is 2.15.